The van der Waals surface area contributed by atoms with Crippen LogP contribution < -0.4 is 11.1 Å². The number of nitrogens with two attached hydrogens (primary N) is 1. The largest absolute Gasteiger partial charge is 0.348 e. The molecule has 1 aliphatic carbocycles. The van der Waals surface area contributed by atoms with E-state index < -0.39 is 5.41 Å². The van der Waals surface area contributed by atoms with Crippen molar-refractivity contribution in [3.8, 4) is 0 Å². The van der Waals surface area contributed by atoms with E-state index in [1.54, 1.807) is 0 Å². The smallest absolute Gasteiger partial charge is 0.227 e. The van der Waals surface area contributed by atoms with Crippen LogP contribution in [0.5, 0.6) is 0 Å². The molecule has 3 rings (SSSR count). The highest BCUT2D eigenvalue weighted by atomic mass is 16.2. The second kappa shape index (κ2) is 5.81. The van der Waals surface area contributed by atoms with Crippen LogP contribution in [0.25, 0.3) is 5.65 Å². The maximum Gasteiger partial charge on any atom is 0.227 e. The lowest BCUT2D eigenvalue weighted by Crippen LogP contribution is -2.47. The maximum atomic E-state index is 12.5. The van der Waals surface area contributed by atoms with Crippen LogP contribution in [-0.2, 0) is 11.3 Å². The number of pyridine rings is 1. The van der Waals surface area contributed by atoms with Crippen LogP contribution in [-0.4, -0.2) is 27.0 Å². The molecule has 2 heterocycles. The van der Waals surface area contributed by atoms with E-state index in [9.17, 15) is 4.79 Å². The lowest BCUT2D eigenvalue weighted by Gasteiger charge is -2.34. The highest BCUT2D eigenvalue weighted by Crippen LogP contribution is 2.35. The van der Waals surface area contributed by atoms with Gasteiger partial charge in [-0.25, -0.2) is 0 Å². The van der Waals surface area contributed by atoms with Gasteiger partial charge in [-0.3, -0.25) is 9.20 Å². The summed E-state index contributed by atoms with van der Waals surface area (Å²) in [7, 11) is 0. The van der Waals surface area contributed by atoms with Gasteiger partial charge in [-0.05, 0) is 25.0 Å². The van der Waals surface area contributed by atoms with Crippen molar-refractivity contribution in [2.24, 2.45) is 11.1 Å². The van der Waals surface area contributed by atoms with Gasteiger partial charge >= 0.3 is 0 Å². The Morgan fingerprint density at radius 3 is 2.86 bits per heavy atom. The van der Waals surface area contributed by atoms with Crippen molar-refractivity contribution in [2.45, 2.75) is 38.6 Å². The third-order valence-electron chi connectivity index (χ3n) is 4.47. The summed E-state index contributed by atoms with van der Waals surface area (Å²) < 4.78 is 1.89. The van der Waals surface area contributed by atoms with Crippen LogP contribution in [0, 0.1) is 5.41 Å². The zero-order chi connectivity index (χ0) is 14.7. The second-order valence-electron chi connectivity index (χ2n) is 5.77. The fraction of sp³-hybridized carbons (Fsp3) is 0.533. The Hall–Kier alpha value is -1.95. The number of carbonyl (C=O) groups excluding carboxylic acids is 1. The van der Waals surface area contributed by atoms with Crippen LogP contribution in [0.2, 0.25) is 0 Å². The highest BCUT2D eigenvalue weighted by molar-refractivity contribution is 5.82. The molecule has 3 N–H and O–H groups in total. The summed E-state index contributed by atoms with van der Waals surface area (Å²) in [5.74, 6) is 0.791. The molecular formula is C15H21N5O. The number of aromatic nitrogens is 3. The third-order valence-corrected chi connectivity index (χ3v) is 4.47. The molecule has 0 aromatic carbocycles. The molecule has 0 bridgehead atoms. The van der Waals surface area contributed by atoms with E-state index in [0.717, 1.165) is 37.2 Å². The zero-order valence-electron chi connectivity index (χ0n) is 12.1. The Morgan fingerprint density at radius 2 is 2.10 bits per heavy atom. The molecule has 0 unspecified atom stereocenters. The molecular weight excluding hydrogens is 266 g/mol. The first-order valence-electron chi connectivity index (χ1n) is 7.52. The maximum absolute atomic E-state index is 12.5. The second-order valence-corrected chi connectivity index (χ2v) is 5.77. The number of hydrogen-bond acceptors (Lipinski definition) is 4. The van der Waals surface area contributed by atoms with E-state index in [2.05, 4.69) is 15.5 Å². The Balaban J connectivity index is 1.70. The summed E-state index contributed by atoms with van der Waals surface area (Å²) in [4.78, 5) is 12.5. The van der Waals surface area contributed by atoms with Crippen LogP contribution in [0.15, 0.2) is 24.4 Å². The average molecular weight is 287 g/mol. The first kappa shape index (κ1) is 14.0. The van der Waals surface area contributed by atoms with E-state index >= 15 is 0 Å². The van der Waals surface area contributed by atoms with Crippen LogP contribution in [0.3, 0.4) is 0 Å². The molecule has 0 aliphatic heterocycles. The highest BCUT2D eigenvalue weighted by Gasteiger charge is 2.37. The molecule has 2 aromatic rings. The molecule has 1 amide bonds. The molecule has 1 aliphatic rings. The molecule has 0 radical (unpaired) electrons. The fourth-order valence-corrected chi connectivity index (χ4v) is 3.11. The third kappa shape index (κ3) is 2.63. The van der Waals surface area contributed by atoms with E-state index in [4.69, 9.17) is 5.73 Å². The molecule has 0 atom stereocenters. The SMILES string of the molecule is NCC1(C(=O)NCc2nnc3ccccn23)CCCCC1. The van der Waals surface area contributed by atoms with E-state index in [0.29, 0.717) is 13.1 Å². The van der Waals surface area contributed by atoms with Crippen molar-refractivity contribution in [2.75, 3.05) is 6.54 Å². The zero-order valence-corrected chi connectivity index (χ0v) is 12.1. The Kier molecular flexibility index (Phi) is 3.88. The van der Waals surface area contributed by atoms with Gasteiger partial charge in [0.15, 0.2) is 11.5 Å². The first-order valence-corrected chi connectivity index (χ1v) is 7.52. The summed E-state index contributed by atoms with van der Waals surface area (Å²) >= 11 is 0. The van der Waals surface area contributed by atoms with Crippen LogP contribution in [0.1, 0.15) is 37.9 Å². The molecule has 6 nitrogen and oxygen atoms in total. The lowest BCUT2D eigenvalue weighted by atomic mass is 9.73. The number of fused-ring (bicyclic) bond motifs is 1. The number of rotatable bonds is 4. The van der Waals surface area contributed by atoms with Gasteiger partial charge in [0.1, 0.15) is 0 Å². The summed E-state index contributed by atoms with van der Waals surface area (Å²) in [6.45, 7) is 0.797. The average Bonchev–Trinajstić information content (AvgIpc) is 2.96. The topological polar surface area (TPSA) is 85.3 Å². The summed E-state index contributed by atoms with van der Waals surface area (Å²) in [6, 6.07) is 5.73. The number of hydrogen-bond donors (Lipinski definition) is 2. The summed E-state index contributed by atoms with van der Waals surface area (Å²) in [5, 5.41) is 11.2. The minimum atomic E-state index is -0.390. The van der Waals surface area contributed by atoms with Crippen molar-refractivity contribution in [3.05, 3.63) is 30.2 Å². The van der Waals surface area contributed by atoms with Crippen molar-refractivity contribution in [1.82, 2.24) is 19.9 Å². The standard InChI is InChI=1S/C15H21N5O/c16-11-15(7-3-1-4-8-15)14(21)17-10-13-19-18-12-6-2-5-9-20(12)13/h2,5-6,9H,1,3-4,7-8,10-11,16H2,(H,17,21). The van der Waals surface area contributed by atoms with Crippen molar-refractivity contribution in [3.63, 3.8) is 0 Å². The molecule has 6 heteroatoms. The number of nitrogens with zero attached hydrogens (tertiary/aromatic N) is 3. The number of nitrogens with one attached hydrogen (secondary N) is 1. The van der Waals surface area contributed by atoms with Gasteiger partial charge < -0.3 is 11.1 Å². The molecule has 1 fully saturated rings. The van der Waals surface area contributed by atoms with E-state index in [1.807, 2.05) is 28.8 Å². The van der Waals surface area contributed by atoms with Gasteiger partial charge in [0.2, 0.25) is 5.91 Å². The van der Waals surface area contributed by atoms with Crippen molar-refractivity contribution in [1.29, 1.82) is 0 Å². The number of amides is 1. The van der Waals surface area contributed by atoms with Gasteiger partial charge in [0.05, 0.1) is 12.0 Å². The fourth-order valence-electron chi connectivity index (χ4n) is 3.11. The molecule has 0 saturated heterocycles. The molecule has 2 aromatic heterocycles. The predicted octanol–water partition coefficient (Wildman–Crippen LogP) is 1.25. The molecule has 112 valence electrons. The monoisotopic (exact) mass is 287 g/mol. The normalized spacial score (nSPS) is 17.8. The van der Waals surface area contributed by atoms with Crippen molar-refractivity contribution < 1.29 is 4.79 Å². The van der Waals surface area contributed by atoms with Gasteiger partial charge in [-0.1, -0.05) is 25.3 Å². The minimum Gasteiger partial charge on any atom is -0.348 e. The van der Waals surface area contributed by atoms with Gasteiger partial charge in [-0.2, -0.15) is 0 Å². The van der Waals surface area contributed by atoms with E-state index in [1.165, 1.54) is 6.42 Å². The quantitative estimate of drug-likeness (QED) is 0.886. The Labute approximate surface area is 123 Å². The summed E-state index contributed by atoms with van der Waals surface area (Å²) in [6.07, 6.45) is 7.03. The lowest BCUT2D eigenvalue weighted by molar-refractivity contribution is -0.132. The van der Waals surface area contributed by atoms with Crippen molar-refractivity contribution >= 4 is 11.6 Å². The number of carbonyl (C=O) groups is 1. The molecule has 1 saturated carbocycles. The Morgan fingerprint density at radius 1 is 1.29 bits per heavy atom. The first-order chi connectivity index (χ1) is 10.2. The molecule has 21 heavy (non-hydrogen) atoms. The van der Waals surface area contributed by atoms with Crippen LogP contribution in [0.4, 0.5) is 0 Å². The summed E-state index contributed by atoms with van der Waals surface area (Å²) in [5.41, 5.74) is 6.28. The minimum absolute atomic E-state index is 0.0531. The van der Waals surface area contributed by atoms with Gasteiger partial charge in [0.25, 0.3) is 0 Å². The van der Waals surface area contributed by atoms with E-state index in [-0.39, 0.29) is 5.91 Å². The van der Waals surface area contributed by atoms with Gasteiger partial charge in [0, 0.05) is 12.7 Å². The molecule has 0 spiro atoms. The predicted molar refractivity (Wildman–Crippen MR) is 79.4 cm³/mol. The van der Waals surface area contributed by atoms with Crippen LogP contribution >= 0.6 is 0 Å². The van der Waals surface area contributed by atoms with Gasteiger partial charge in [-0.15, -0.1) is 10.2 Å². The Bertz CT molecular complexity index is 630.